The summed E-state index contributed by atoms with van der Waals surface area (Å²) in [4.78, 5) is 12.7. The molecule has 3 aromatic carbocycles. The standard InChI is InChI=1S/C24H21ClN2O3/c1-3-29-18-11-9-16-10-12-23(30-4-2)20(19(16)14-18)13-17(15-26)24(28)27-22-8-6-5-7-21(22)25/h5-14H,3-4H2,1-2H3,(H,27,28)/b17-13-. The summed E-state index contributed by atoms with van der Waals surface area (Å²) in [5.41, 5.74) is 1.01. The van der Waals surface area contributed by atoms with Crippen molar-refractivity contribution in [3.05, 3.63) is 70.8 Å². The Morgan fingerprint density at radius 3 is 2.53 bits per heavy atom. The molecule has 0 unspecified atom stereocenters. The lowest BCUT2D eigenvalue weighted by molar-refractivity contribution is -0.112. The predicted molar refractivity (Wildman–Crippen MR) is 120 cm³/mol. The van der Waals surface area contributed by atoms with Gasteiger partial charge in [0.05, 0.1) is 23.9 Å². The highest BCUT2D eigenvalue weighted by molar-refractivity contribution is 6.34. The van der Waals surface area contributed by atoms with Gasteiger partial charge in [-0.3, -0.25) is 4.79 Å². The van der Waals surface area contributed by atoms with Crippen LogP contribution >= 0.6 is 11.6 Å². The fourth-order valence-corrected chi connectivity index (χ4v) is 3.22. The molecule has 0 aliphatic rings. The average molecular weight is 421 g/mol. The molecule has 3 aromatic rings. The number of ether oxygens (including phenoxy) is 2. The van der Waals surface area contributed by atoms with E-state index in [1.165, 1.54) is 6.08 Å². The summed E-state index contributed by atoms with van der Waals surface area (Å²) in [6.07, 6.45) is 1.54. The highest BCUT2D eigenvalue weighted by Gasteiger charge is 2.15. The molecule has 1 amide bonds. The van der Waals surface area contributed by atoms with Crippen LogP contribution in [0.15, 0.2) is 60.2 Å². The molecule has 0 aromatic heterocycles. The molecule has 0 radical (unpaired) electrons. The number of nitrogens with one attached hydrogen (secondary N) is 1. The molecule has 5 nitrogen and oxygen atoms in total. The lowest BCUT2D eigenvalue weighted by Crippen LogP contribution is -2.13. The largest absolute Gasteiger partial charge is 0.494 e. The number of halogens is 1. The van der Waals surface area contributed by atoms with Crippen LogP contribution in [-0.2, 0) is 4.79 Å². The second-order valence-electron chi connectivity index (χ2n) is 6.33. The highest BCUT2D eigenvalue weighted by Crippen LogP contribution is 2.33. The van der Waals surface area contributed by atoms with Crippen LogP contribution in [0.25, 0.3) is 16.8 Å². The van der Waals surface area contributed by atoms with Crippen molar-refractivity contribution in [1.82, 2.24) is 0 Å². The van der Waals surface area contributed by atoms with Crippen molar-refractivity contribution >= 4 is 40.0 Å². The van der Waals surface area contributed by atoms with Crippen molar-refractivity contribution in [2.24, 2.45) is 0 Å². The Morgan fingerprint density at radius 2 is 1.83 bits per heavy atom. The number of hydrogen-bond donors (Lipinski definition) is 1. The van der Waals surface area contributed by atoms with Gasteiger partial charge < -0.3 is 14.8 Å². The van der Waals surface area contributed by atoms with Crippen LogP contribution in [0.2, 0.25) is 5.02 Å². The Balaban J connectivity index is 2.09. The van der Waals surface area contributed by atoms with Crippen molar-refractivity contribution in [2.75, 3.05) is 18.5 Å². The van der Waals surface area contributed by atoms with E-state index in [2.05, 4.69) is 5.32 Å². The molecule has 6 heteroatoms. The first-order valence-corrected chi connectivity index (χ1v) is 9.95. The van der Waals surface area contributed by atoms with Gasteiger partial charge in [0.15, 0.2) is 0 Å². The molecular weight excluding hydrogens is 400 g/mol. The third-order valence-corrected chi connectivity index (χ3v) is 4.71. The molecule has 0 fully saturated rings. The van der Waals surface area contributed by atoms with Crippen LogP contribution in [-0.4, -0.2) is 19.1 Å². The van der Waals surface area contributed by atoms with E-state index in [9.17, 15) is 10.1 Å². The second-order valence-corrected chi connectivity index (χ2v) is 6.74. The number of carbonyl (C=O) groups excluding carboxylic acids is 1. The molecule has 30 heavy (non-hydrogen) atoms. The Bertz CT molecular complexity index is 1140. The zero-order valence-corrected chi connectivity index (χ0v) is 17.5. The molecule has 0 spiro atoms. The van der Waals surface area contributed by atoms with Crippen LogP contribution in [0.5, 0.6) is 11.5 Å². The normalized spacial score (nSPS) is 11.1. The number of hydrogen-bond acceptors (Lipinski definition) is 4. The summed E-state index contributed by atoms with van der Waals surface area (Å²) in [6, 6.07) is 18.3. The lowest BCUT2D eigenvalue weighted by atomic mass is 10.0. The Labute approximate surface area is 180 Å². The maximum atomic E-state index is 12.7. The first kappa shape index (κ1) is 21.2. The van der Waals surface area contributed by atoms with E-state index in [0.29, 0.717) is 41.0 Å². The molecule has 0 aliphatic heterocycles. The zero-order valence-electron chi connectivity index (χ0n) is 16.7. The minimum Gasteiger partial charge on any atom is -0.494 e. The maximum Gasteiger partial charge on any atom is 0.266 e. The van der Waals surface area contributed by atoms with Gasteiger partial charge in [0.1, 0.15) is 23.1 Å². The van der Waals surface area contributed by atoms with Crippen molar-refractivity contribution in [3.63, 3.8) is 0 Å². The Kier molecular flexibility index (Phi) is 6.95. The second kappa shape index (κ2) is 9.82. The van der Waals surface area contributed by atoms with Crippen LogP contribution < -0.4 is 14.8 Å². The molecule has 0 saturated heterocycles. The third-order valence-electron chi connectivity index (χ3n) is 4.38. The number of nitriles is 1. The summed E-state index contributed by atoms with van der Waals surface area (Å²) < 4.78 is 11.4. The minimum atomic E-state index is -0.550. The fourth-order valence-electron chi connectivity index (χ4n) is 3.03. The van der Waals surface area contributed by atoms with Gasteiger partial charge in [-0.25, -0.2) is 0 Å². The van der Waals surface area contributed by atoms with E-state index >= 15 is 0 Å². The smallest absolute Gasteiger partial charge is 0.266 e. The molecule has 0 aliphatic carbocycles. The van der Waals surface area contributed by atoms with E-state index in [-0.39, 0.29) is 5.57 Å². The molecule has 0 bridgehead atoms. The molecule has 152 valence electrons. The van der Waals surface area contributed by atoms with Gasteiger partial charge in [-0.05, 0) is 61.0 Å². The number of amides is 1. The number of benzene rings is 3. The number of fused-ring (bicyclic) bond motifs is 1. The highest BCUT2D eigenvalue weighted by atomic mass is 35.5. The van der Waals surface area contributed by atoms with Gasteiger partial charge >= 0.3 is 0 Å². The third kappa shape index (κ3) is 4.73. The van der Waals surface area contributed by atoms with Crippen molar-refractivity contribution in [1.29, 1.82) is 5.26 Å². The number of rotatable bonds is 7. The zero-order chi connectivity index (χ0) is 21.5. The molecule has 0 saturated carbocycles. The van der Waals surface area contributed by atoms with Crippen molar-refractivity contribution in [3.8, 4) is 17.6 Å². The minimum absolute atomic E-state index is 0.0646. The number of nitrogens with zero attached hydrogens (tertiary/aromatic N) is 1. The average Bonchev–Trinajstić information content (AvgIpc) is 2.75. The first-order valence-electron chi connectivity index (χ1n) is 9.57. The summed E-state index contributed by atoms with van der Waals surface area (Å²) in [5, 5.41) is 14.5. The molecule has 0 atom stereocenters. The molecular formula is C24H21ClN2O3. The van der Waals surface area contributed by atoms with E-state index < -0.39 is 5.91 Å². The predicted octanol–water partition coefficient (Wildman–Crippen LogP) is 5.84. The maximum absolute atomic E-state index is 12.7. The first-order chi connectivity index (χ1) is 14.6. The van der Waals surface area contributed by atoms with E-state index in [1.54, 1.807) is 24.3 Å². The number of carbonyl (C=O) groups is 1. The van der Waals surface area contributed by atoms with Gasteiger partial charge in [-0.1, -0.05) is 35.9 Å². The SMILES string of the molecule is CCOc1ccc2ccc(OCC)c(/C=C(/C#N)C(=O)Nc3ccccc3Cl)c2c1. The quantitative estimate of drug-likeness (QED) is 0.385. The summed E-state index contributed by atoms with van der Waals surface area (Å²) in [7, 11) is 0. The topological polar surface area (TPSA) is 71.3 Å². The monoisotopic (exact) mass is 420 g/mol. The summed E-state index contributed by atoms with van der Waals surface area (Å²) in [6.45, 7) is 4.77. The van der Waals surface area contributed by atoms with Gasteiger partial charge in [0.25, 0.3) is 5.91 Å². The van der Waals surface area contributed by atoms with Gasteiger partial charge in [-0.15, -0.1) is 0 Å². The van der Waals surface area contributed by atoms with E-state index in [1.807, 2.05) is 50.2 Å². The summed E-state index contributed by atoms with van der Waals surface area (Å²) in [5.74, 6) is 0.732. The van der Waals surface area contributed by atoms with Crippen molar-refractivity contribution < 1.29 is 14.3 Å². The molecule has 1 N–H and O–H groups in total. The molecule has 3 rings (SSSR count). The van der Waals surface area contributed by atoms with Crippen LogP contribution in [0.1, 0.15) is 19.4 Å². The van der Waals surface area contributed by atoms with Gasteiger partial charge in [0, 0.05) is 5.56 Å². The van der Waals surface area contributed by atoms with Gasteiger partial charge in [0.2, 0.25) is 0 Å². The number of para-hydroxylation sites is 1. The van der Waals surface area contributed by atoms with Gasteiger partial charge in [-0.2, -0.15) is 5.26 Å². The van der Waals surface area contributed by atoms with Crippen molar-refractivity contribution in [2.45, 2.75) is 13.8 Å². The van der Waals surface area contributed by atoms with Crippen LogP contribution in [0.4, 0.5) is 5.69 Å². The fraction of sp³-hybridized carbons (Fsp3) is 0.167. The summed E-state index contributed by atoms with van der Waals surface area (Å²) >= 11 is 6.12. The Hall–Kier alpha value is -3.49. The number of anilines is 1. The lowest BCUT2D eigenvalue weighted by Gasteiger charge is -2.13. The van der Waals surface area contributed by atoms with Crippen LogP contribution in [0, 0.1) is 11.3 Å². The van der Waals surface area contributed by atoms with E-state index in [0.717, 1.165) is 10.8 Å². The van der Waals surface area contributed by atoms with E-state index in [4.69, 9.17) is 21.1 Å². The van der Waals surface area contributed by atoms with Crippen LogP contribution in [0.3, 0.4) is 0 Å². The Morgan fingerprint density at radius 1 is 1.10 bits per heavy atom. The molecule has 0 heterocycles.